The molecule has 13 heteroatoms. The minimum Gasteiger partial charge on any atom is -0.496 e. The van der Waals surface area contributed by atoms with Crippen molar-refractivity contribution in [3.63, 3.8) is 0 Å². The van der Waals surface area contributed by atoms with Crippen LogP contribution in [0.15, 0.2) is 110 Å². The fourth-order valence-corrected chi connectivity index (χ4v) is 5.58. The van der Waals surface area contributed by atoms with Gasteiger partial charge in [-0.15, -0.1) is 0 Å². The van der Waals surface area contributed by atoms with Crippen molar-refractivity contribution in [1.29, 1.82) is 0 Å². The van der Waals surface area contributed by atoms with Crippen molar-refractivity contribution in [3.8, 4) is 45.5 Å². The van der Waals surface area contributed by atoms with Crippen LogP contribution in [0, 0.1) is 10.8 Å². The highest BCUT2D eigenvalue weighted by Crippen LogP contribution is 2.32. The Kier molecular flexibility index (Phi) is 16.7. The quantitative estimate of drug-likeness (QED) is 0.0944. The average Bonchev–Trinajstić information content (AvgIpc) is 3.24. The van der Waals surface area contributed by atoms with Gasteiger partial charge in [0.25, 0.3) is 0 Å². The van der Waals surface area contributed by atoms with Crippen molar-refractivity contribution in [1.82, 2.24) is 19.9 Å². The monoisotopic (exact) mass is 846 g/mol. The van der Waals surface area contributed by atoms with Gasteiger partial charge in [0, 0.05) is 46.2 Å². The molecular weight excluding hydrogens is 792 g/mol. The number of hydrogen-bond acceptors (Lipinski definition) is 11. The molecule has 320 valence electrons. The van der Waals surface area contributed by atoms with E-state index in [0.717, 1.165) is 56.5 Å². The molecule has 0 spiro atoms. The fraction of sp³-hybridized carbons (Fsp3) is 0.292. The zero-order chi connectivity index (χ0) is 44.7. The molecule has 0 aliphatic heterocycles. The van der Waals surface area contributed by atoms with Crippen molar-refractivity contribution < 1.29 is 28.5 Å². The largest absolute Gasteiger partial charge is 0.496 e. The highest BCUT2D eigenvalue weighted by molar-refractivity contribution is 6.64. The number of para-hydroxylation sites is 2. The van der Waals surface area contributed by atoms with Gasteiger partial charge in [0.15, 0.2) is 0 Å². The summed E-state index contributed by atoms with van der Waals surface area (Å²) in [4.78, 5) is 40.2. The SMILES string of the molecule is CC(C)(C)C(=O)Cl.COc1ccc(Cc2cc(-c3ccccc3OC)ncn2)cc1N.COc1ccc(Cc2cc(-c3ccccc3OC)ncn2)cc1NC(=O)C(C)(C)C. The second-order valence-corrected chi connectivity index (χ2v) is 16.2. The summed E-state index contributed by atoms with van der Waals surface area (Å²) < 4.78 is 21.5. The summed E-state index contributed by atoms with van der Waals surface area (Å²) in [6.07, 6.45) is 4.39. The van der Waals surface area contributed by atoms with E-state index in [1.807, 2.05) is 118 Å². The number of nitrogen functional groups attached to an aromatic ring is 1. The number of rotatable bonds is 11. The maximum Gasteiger partial charge on any atom is 0.229 e. The predicted octanol–water partition coefficient (Wildman–Crippen LogP) is 9.87. The first kappa shape index (κ1) is 47.2. The van der Waals surface area contributed by atoms with E-state index in [2.05, 4.69) is 25.3 Å². The fourth-order valence-electron chi connectivity index (χ4n) is 5.58. The summed E-state index contributed by atoms with van der Waals surface area (Å²) in [5, 5.41) is 2.68. The normalized spacial score (nSPS) is 10.9. The van der Waals surface area contributed by atoms with E-state index in [4.69, 9.17) is 36.3 Å². The van der Waals surface area contributed by atoms with E-state index in [1.54, 1.807) is 61.9 Å². The average molecular weight is 847 g/mol. The lowest BCUT2D eigenvalue weighted by Crippen LogP contribution is -2.27. The zero-order valence-corrected chi connectivity index (χ0v) is 37.3. The number of halogens is 1. The number of aromatic nitrogens is 4. The summed E-state index contributed by atoms with van der Waals surface area (Å²) in [7, 11) is 6.49. The first-order valence-electron chi connectivity index (χ1n) is 19.5. The number of nitrogens with two attached hydrogens (primary N) is 1. The Morgan fingerprint density at radius 2 is 1.00 bits per heavy atom. The number of carbonyl (C=O) groups is 2. The molecule has 0 aliphatic carbocycles. The number of hydrogen-bond donors (Lipinski definition) is 2. The van der Waals surface area contributed by atoms with Crippen LogP contribution in [0.4, 0.5) is 11.4 Å². The Hall–Kier alpha value is -6.53. The molecule has 2 aromatic heterocycles. The van der Waals surface area contributed by atoms with Gasteiger partial charge >= 0.3 is 0 Å². The number of amides is 1. The van der Waals surface area contributed by atoms with Crippen molar-refractivity contribution >= 4 is 34.1 Å². The summed E-state index contributed by atoms with van der Waals surface area (Å²) in [5.41, 5.74) is 13.7. The molecular formula is C48H55ClN6O6. The number of nitrogens with one attached hydrogen (secondary N) is 1. The lowest BCUT2D eigenvalue weighted by Gasteiger charge is -2.19. The van der Waals surface area contributed by atoms with E-state index in [0.29, 0.717) is 35.7 Å². The van der Waals surface area contributed by atoms with E-state index in [-0.39, 0.29) is 16.6 Å². The molecule has 0 atom stereocenters. The Labute approximate surface area is 363 Å². The Bertz CT molecular complexity index is 2410. The van der Waals surface area contributed by atoms with Crippen LogP contribution in [0.1, 0.15) is 64.1 Å². The van der Waals surface area contributed by atoms with Crippen molar-refractivity contribution in [2.45, 2.75) is 54.4 Å². The smallest absolute Gasteiger partial charge is 0.229 e. The molecule has 0 bridgehead atoms. The third-order valence-electron chi connectivity index (χ3n) is 9.06. The number of ether oxygens (including phenoxy) is 4. The topological polar surface area (TPSA) is 161 Å². The molecule has 0 saturated carbocycles. The van der Waals surface area contributed by atoms with Gasteiger partial charge in [0.2, 0.25) is 11.1 Å². The Balaban J connectivity index is 0.000000236. The van der Waals surface area contributed by atoms with Crippen LogP contribution in [0.5, 0.6) is 23.0 Å². The number of nitrogens with zero attached hydrogens (tertiary/aromatic N) is 4. The van der Waals surface area contributed by atoms with Gasteiger partial charge in [-0.1, -0.05) is 77.9 Å². The lowest BCUT2D eigenvalue weighted by molar-refractivity contribution is -0.123. The highest BCUT2D eigenvalue weighted by Gasteiger charge is 2.23. The molecule has 61 heavy (non-hydrogen) atoms. The number of methoxy groups -OCH3 is 4. The second kappa shape index (κ2) is 21.6. The summed E-state index contributed by atoms with van der Waals surface area (Å²) >= 11 is 5.11. The number of benzene rings is 4. The van der Waals surface area contributed by atoms with Crippen LogP contribution in [0.2, 0.25) is 0 Å². The molecule has 0 saturated heterocycles. The van der Waals surface area contributed by atoms with Crippen molar-refractivity contribution in [3.05, 3.63) is 132 Å². The first-order chi connectivity index (χ1) is 29.0. The second-order valence-electron chi connectivity index (χ2n) is 15.9. The molecule has 0 radical (unpaired) electrons. The van der Waals surface area contributed by atoms with Gasteiger partial charge in [-0.05, 0) is 83.4 Å². The van der Waals surface area contributed by atoms with Crippen molar-refractivity contribution in [2.24, 2.45) is 10.8 Å². The third-order valence-corrected chi connectivity index (χ3v) is 9.63. The van der Waals surface area contributed by atoms with Crippen molar-refractivity contribution in [2.75, 3.05) is 39.5 Å². The van der Waals surface area contributed by atoms with E-state index in [9.17, 15) is 9.59 Å². The number of anilines is 2. The minimum atomic E-state index is -0.503. The predicted molar refractivity (Wildman–Crippen MR) is 242 cm³/mol. The lowest BCUT2D eigenvalue weighted by atomic mass is 9.95. The standard InChI is InChI=1S/C24H27N3O3.C19H19N3O2.C5H9ClO/c1-24(2,3)23(28)27-20-13-16(10-11-22(20)30-5)12-17-14-19(26-15-25-17)18-8-6-7-9-21(18)29-4;1-23-18-6-4-3-5-15(18)17-11-14(21-12-22-17)9-13-7-8-19(24-2)16(20)10-13;1-5(2,3)4(6)7/h6-11,13-15H,12H2,1-5H3,(H,27,28);3-8,10-12H,9,20H2,1-2H3;1-3H3. The van der Waals surface area contributed by atoms with Gasteiger partial charge in [-0.2, -0.15) is 0 Å². The summed E-state index contributed by atoms with van der Waals surface area (Å²) in [5.74, 6) is 2.78. The molecule has 0 fully saturated rings. The molecule has 12 nitrogen and oxygen atoms in total. The molecule has 1 amide bonds. The number of carbonyl (C=O) groups excluding carboxylic acids is 2. The summed E-state index contributed by atoms with van der Waals surface area (Å²) in [6.45, 7) is 11.0. The maximum atomic E-state index is 12.4. The van der Waals surface area contributed by atoms with Crippen LogP contribution in [-0.4, -0.2) is 59.5 Å². The van der Waals surface area contributed by atoms with Gasteiger partial charge in [-0.25, -0.2) is 19.9 Å². The Morgan fingerprint density at radius 1 is 0.574 bits per heavy atom. The first-order valence-corrected chi connectivity index (χ1v) is 19.8. The molecule has 2 heterocycles. The van der Waals surface area contributed by atoms with Crippen LogP contribution >= 0.6 is 11.6 Å². The van der Waals surface area contributed by atoms with Gasteiger partial charge in [0.1, 0.15) is 35.7 Å². The van der Waals surface area contributed by atoms with Crippen LogP contribution in [-0.2, 0) is 22.4 Å². The minimum absolute atomic E-state index is 0.0709. The zero-order valence-electron chi connectivity index (χ0n) is 36.5. The van der Waals surface area contributed by atoms with Crippen LogP contribution in [0.25, 0.3) is 22.5 Å². The van der Waals surface area contributed by atoms with Gasteiger partial charge in [0.05, 0.1) is 51.2 Å². The molecule has 3 N–H and O–H groups in total. The molecule has 4 aromatic carbocycles. The third kappa shape index (κ3) is 13.8. The van der Waals surface area contributed by atoms with Gasteiger partial charge < -0.3 is 30.0 Å². The summed E-state index contributed by atoms with van der Waals surface area (Å²) in [6, 6.07) is 31.0. The maximum absolute atomic E-state index is 12.4. The highest BCUT2D eigenvalue weighted by atomic mass is 35.5. The Morgan fingerprint density at radius 3 is 1.41 bits per heavy atom. The van der Waals surface area contributed by atoms with Crippen LogP contribution < -0.4 is 30.0 Å². The molecule has 6 aromatic rings. The molecule has 0 unspecified atom stereocenters. The van der Waals surface area contributed by atoms with E-state index < -0.39 is 5.41 Å². The van der Waals surface area contributed by atoms with E-state index >= 15 is 0 Å². The van der Waals surface area contributed by atoms with E-state index in [1.165, 1.54) is 0 Å². The molecule has 6 rings (SSSR count). The van der Waals surface area contributed by atoms with Gasteiger partial charge in [-0.3, -0.25) is 9.59 Å². The molecule has 0 aliphatic rings. The van der Waals surface area contributed by atoms with Crippen LogP contribution in [0.3, 0.4) is 0 Å².